The number of hydrogen-bond donors (Lipinski definition) is 2. The lowest BCUT2D eigenvalue weighted by atomic mass is 10.1. The highest BCUT2D eigenvalue weighted by molar-refractivity contribution is 7.89. The van der Waals surface area contributed by atoms with Crippen molar-refractivity contribution >= 4 is 33.4 Å². The number of hydrogen-bond acceptors (Lipinski definition) is 5. The van der Waals surface area contributed by atoms with Crippen molar-refractivity contribution in [1.82, 2.24) is 14.5 Å². The molecular weight excluding hydrogens is 444 g/mol. The average molecular weight is 473 g/mol. The third-order valence-electron chi connectivity index (χ3n) is 5.39. The van der Waals surface area contributed by atoms with Crippen LogP contribution in [0.2, 0.25) is 0 Å². The number of nitrogens with zero attached hydrogens (tertiary/aromatic N) is 2. The molecule has 0 aromatic heterocycles. The van der Waals surface area contributed by atoms with Crippen molar-refractivity contribution in [3.05, 3.63) is 58.7 Å². The molecule has 10 heteroatoms. The van der Waals surface area contributed by atoms with Crippen LogP contribution in [0.1, 0.15) is 27.0 Å². The zero-order valence-corrected chi connectivity index (χ0v) is 20.0. The van der Waals surface area contributed by atoms with Gasteiger partial charge in [-0.2, -0.15) is 4.31 Å². The molecule has 1 aliphatic rings. The number of anilines is 1. The Kier molecular flexibility index (Phi) is 7.19. The van der Waals surface area contributed by atoms with Gasteiger partial charge in [-0.15, -0.1) is 0 Å². The van der Waals surface area contributed by atoms with Crippen molar-refractivity contribution in [2.75, 3.05) is 38.5 Å². The first-order valence-corrected chi connectivity index (χ1v) is 11.9. The number of piperazine rings is 1. The molecule has 2 aromatic rings. The smallest absolute Gasteiger partial charge is 0.254 e. The van der Waals surface area contributed by atoms with E-state index in [1.807, 2.05) is 32.9 Å². The van der Waals surface area contributed by atoms with Crippen LogP contribution in [0.4, 0.5) is 5.69 Å². The molecule has 1 aliphatic heterocycles. The summed E-state index contributed by atoms with van der Waals surface area (Å²) in [5.74, 6) is -1.22. The van der Waals surface area contributed by atoms with E-state index in [1.165, 1.54) is 36.2 Å². The van der Waals surface area contributed by atoms with Crippen LogP contribution in [0.3, 0.4) is 0 Å². The van der Waals surface area contributed by atoms with Gasteiger partial charge >= 0.3 is 0 Å². The van der Waals surface area contributed by atoms with Gasteiger partial charge in [0.1, 0.15) is 0 Å². The summed E-state index contributed by atoms with van der Waals surface area (Å²) >= 11 is 0. The maximum Gasteiger partial charge on any atom is 0.254 e. The third-order valence-corrected chi connectivity index (χ3v) is 7.23. The topological polar surface area (TPSA) is 116 Å². The Bertz CT molecular complexity index is 1190. The second kappa shape index (κ2) is 9.72. The van der Waals surface area contributed by atoms with Gasteiger partial charge in [0.05, 0.1) is 18.0 Å². The van der Waals surface area contributed by atoms with E-state index >= 15 is 0 Å². The van der Waals surface area contributed by atoms with Gasteiger partial charge in [0.15, 0.2) is 0 Å². The lowest BCUT2D eigenvalue weighted by Gasteiger charge is -2.26. The van der Waals surface area contributed by atoms with Crippen LogP contribution in [-0.4, -0.2) is 68.6 Å². The Morgan fingerprint density at radius 2 is 1.79 bits per heavy atom. The first kappa shape index (κ1) is 24.4. The molecule has 3 rings (SSSR count). The van der Waals surface area contributed by atoms with Crippen LogP contribution in [0.25, 0.3) is 0 Å². The van der Waals surface area contributed by atoms with Crippen molar-refractivity contribution in [3.8, 4) is 0 Å². The molecule has 1 saturated heterocycles. The van der Waals surface area contributed by atoms with E-state index in [2.05, 4.69) is 10.6 Å². The molecule has 176 valence electrons. The molecule has 0 aliphatic carbocycles. The first-order chi connectivity index (χ1) is 15.5. The summed E-state index contributed by atoms with van der Waals surface area (Å²) < 4.78 is 26.9. The van der Waals surface area contributed by atoms with E-state index in [-0.39, 0.29) is 48.5 Å². The van der Waals surface area contributed by atoms with Crippen molar-refractivity contribution in [3.63, 3.8) is 0 Å². The minimum Gasteiger partial charge on any atom is -0.354 e. The highest BCUT2D eigenvalue weighted by Gasteiger charge is 2.30. The van der Waals surface area contributed by atoms with Crippen LogP contribution in [0.15, 0.2) is 41.3 Å². The number of aryl methyl sites for hydroxylation is 3. The molecule has 1 fully saturated rings. The molecule has 0 unspecified atom stereocenters. The predicted molar refractivity (Wildman–Crippen MR) is 124 cm³/mol. The Labute approximate surface area is 193 Å². The van der Waals surface area contributed by atoms with Crippen LogP contribution < -0.4 is 10.6 Å². The molecule has 33 heavy (non-hydrogen) atoms. The Hall–Kier alpha value is -3.24. The SMILES string of the molecule is Cc1cc(C)c(NC(=O)CN(C)C(=O)c2cccc(S(=O)(=O)N3CCNC(=O)C3)c2)c(C)c1. The van der Waals surface area contributed by atoms with Crippen molar-refractivity contribution in [2.24, 2.45) is 0 Å². The number of nitrogens with one attached hydrogen (secondary N) is 2. The number of amides is 3. The molecule has 2 N–H and O–H groups in total. The van der Waals surface area contributed by atoms with Gasteiger partial charge in [-0.3, -0.25) is 14.4 Å². The summed E-state index contributed by atoms with van der Waals surface area (Å²) in [4.78, 5) is 38.2. The van der Waals surface area contributed by atoms with Gasteiger partial charge in [-0.1, -0.05) is 23.8 Å². The van der Waals surface area contributed by atoms with E-state index in [1.54, 1.807) is 0 Å². The molecule has 0 radical (unpaired) electrons. The molecule has 2 aromatic carbocycles. The highest BCUT2D eigenvalue weighted by Crippen LogP contribution is 2.22. The van der Waals surface area contributed by atoms with Gasteiger partial charge in [0.25, 0.3) is 5.91 Å². The van der Waals surface area contributed by atoms with Crippen LogP contribution in [0, 0.1) is 20.8 Å². The standard InChI is InChI=1S/C23H28N4O5S/c1-15-10-16(2)22(17(3)11-15)25-21(29)13-26(4)23(30)18-6-5-7-19(12-18)33(31,32)27-9-8-24-20(28)14-27/h5-7,10-12H,8-9,13-14H2,1-4H3,(H,24,28)(H,25,29). The monoisotopic (exact) mass is 472 g/mol. The number of rotatable bonds is 6. The zero-order valence-electron chi connectivity index (χ0n) is 19.1. The maximum atomic E-state index is 12.9. The Morgan fingerprint density at radius 3 is 2.42 bits per heavy atom. The molecule has 0 spiro atoms. The molecule has 0 atom stereocenters. The fraction of sp³-hybridized carbons (Fsp3) is 0.348. The number of carbonyl (C=O) groups is 3. The zero-order chi connectivity index (χ0) is 24.3. The van der Waals surface area contributed by atoms with Gasteiger partial charge in [-0.05, 0) is 50.1 Å². The molecule has 9 nitrogen and oxygen atoms in total. The number of likely N-dealkylation sites (N-methyl/N-ethyl adjacent to an activating group) is 1. The molecule has 0 saturated carbocycles. The van der Waals surface area contributed by atoms with E-state index < -0.39 is 15.9 Å². The second-order valence-corrected chi connectivity index (χ2v) is 10.1. The number of benzene rings is 2. The number of sulfonamides is 1. The van der Waals surface area contributed by atoms with E-state index in [4.69, 9.17) is 0 Å². The van der Waals surface area contributed by atoms with E-state index in [9.17, 15) is 22.8 Å². The van der Waals surface area contributed by atoms with Crippen molar-refractivity contribution in [2.45, 2.75) is 25.7 Å². The van der Waals surface area contributed by atoms with Gasteiger partial charge in [0, 0.05) is 31.4 Å². The largest absolute Gasteiger partial charge is 0.354 e. The first-order valence-electron chi connectivity index (χ1n) is 10.5. The summed E-state index contributed by atoms with van der Waals surface area (Å²) in [6.07, 6.45) is 0. The lowest BCUT2D eigenvalue weighted by Crippen LogP contribution is -2.49. The van der Waals surface area contributed by atoms with Gasteiger partial charge in [-0.25, -0.2) is 8.42 Å². The fourth-order valence-corrected chi connectivity index (χ4v) is 5.27. The third kappa shape index (κ3) is 5.58. The Balaban J connectivity index is 1.72. The highest BCUT2D eigenvalue weighted by atomic mass is 32.2. The Morgan fingerprint density at radius 1 is 1.12 bits per heavy atom. The van der Waals surface area contributed by atoms with Gasteiger partial charge < -0.3 is 15.5 Å². The second-order valence-electron chi connectivity index (χ2n) is 8.20. The quantitative estimate of drug-likeness (QED) is 0.660. The summed E-state index contributed by atoms with van der Waals surface area (Å²) in [7, 11) is -2.45. The molecule has 1 heterocycles. The van der Waals surface area contributed by atoms with E-state index in [0.29, 0.717) is 5.69 Å². The molecule has 0 bridgehead atoms. The molecular formula is C23H28N4O5S. The molecule has 3 amide bonds. The summed E-state index contributed by atoms with van der Waals surface area (Å²) in [6, 6.07) is 9.55. The van der Waals surface area contributed by atoms with Gasteiger partial charge in [0.2, 0.25) is 21.8 Å². The van der Waals surface area contributed by atoms with Crippen LogP contribution in [0.5, 0.6) is 0 Å². The minimum atomic E-state index is -3.93. The summed E-state index contributed by atoms with van der Waals surface area (Å²) in [5, 5.41) is 5.43. The maximum absolute atomic E-state index is 12.9. The van der Waals surface area contributed by atoms with Crippen LogP contribution in [-0.2, 0) is 19.6 Å². The lowest BCUT2D eigenvalue weighted by molar-refractivity contribution is -0.122. The van der Waals surface area contributed by atoms with Crippen molar-refractivity contribution in [1.29, 1.82) is 0 Å². The normalized spacial score (nSPS) is 14.5. The summed E-state index contributed by atoms with van der Waals surface area (Å²) in [6.45, 7) is 5.71. The average Bonchev–Trinajstić information content (AvgIpc) is 2.75. The summed E-state index contributed by atoms with van der Waals surface area (Å²) in [5.41, 5.74) is 3.80. The fourth-order valence-electron chi connectivity index (χ4n) is 3.82. The number of carbonyl (C=O) groups excluding carboxylic acids is 3. The minimum absolute atomic E-state index is 0.0770. The van der Waals surface area contributed by atoms with E-state index in [0.717, 1.165) is 21.0 Å². The van der Waals surface area contributed by atoms with Crippen LogP contribution >= 0.6 is 0 Å². The van der Waals surface area contributed by atoms with Crippen molar-refractivity contribution < 1.29 is 22.8 Å². The predicted octanol–water partition coefficient (Wildman–Crippen LogP) is 1.44.